The summed E-state index contributed by atoms with van der Waals surface area (Å²) in [4.78, 5) is 76.6. The van der Waals surface area contributed by atoms with Gasteiger partial charge in [0.1, 0.15) is 35.4 Å². The van der Waals surface area contributed by atoms with E-state index in [0.717, 1.165) is 107 Å². The molecule has 2 aromatic heterocycles. The van der Waals surface area contributed by atoms with Crippen LogP contribution in [0.5, 0.6) is 0 Å². The van der Waals surface area contributed by atoms with E-state index in [1.165, 1.54) is 26.4 Å². The van der Waals surface area contributed by atoms with Crippen LogP contribution in [0.25, 0.3) is 66.2 Å². The van der Waals surface area contributed by atoms with Crippen molar-refractivity contribution in [1.29, 1.82) is 0 Å². The number of alkyl carbamates (subject to hydrolysis) is 2. The predicted octanol–water partition coefficient (Wildman–Crippen LogP) is 12.3. The number of fused-ring (bicyclic) bond motifs is 3. The number of H-pyrrole nitrogens is 2. The van der Waals surface area contributed by atoms with Crippen LogP contribution < -0.4 is 15.5 Å². The minimum atomic E-state index is -0.718. The Hall–Kier alpha value is -7.56. The zero-order chi connectivity index (χ0) is 54.5. The fourth-order valence-electron chi connectivity index (χ4n) is 13.7. The highest BCUT2D eigenvalue weighted by molar-refractivity contribution is 6.08. The fourth-order valence-corrected chi connectivity index (χ4v) is 13.7. The third-order valence-corrected chi connectivity index (χ3v) is 18.0. The summed E-state index contributed by atoms with van der Waals surface area (Å²) >= 11 is 0. The lowest BCUT2D eigenvalue weighted by molar-refractivity contribution is -0.136. The maximum Gasteiger partial charge on any atom is 0.407 e. The van der Waals surface area contributed by atoms with Crippen molar-refractivity contribution in [3.8, 4) is 33.4 Å². The number of piperidine rings is 1. The highest BCUT2D eigenvalue weighted by Crippen LogP contribution is 2.44. The van der Waals surface area contributed by atoms with E-state index in [2.05, 4.69) is 62.8 Å². The molecule has 0 bridgehead atoms. The summed E-state index contributed by atoms with van der Waals surface area (Å²) in [5, 5.41) is 7.10. The summed E-state index contributed by atoms with van der Waals surface area (Å²) in [6.07, 6.45) is 11.1. The summed E-state index contributed by atoms with van der Waals surface area (Å²) < 4.78 is 44.1. The molecule has 4 unspecified atom stereocenters. The predicted molar refractivity (Wildman–Crippen MR) is 300 cm³/mol. The van der Waals surface area contributed by atoms with Crippen molar-refractivity contribution in [2.45, 2.75) is 121 Å². The van der Waals surface area contributed by atoms with Crippen LogP contribution in [-0.4, -0.2) is 106 Å². The first-order valence-electron chi connectivity index (χ1n) is 28.5. The van der Waals surface area contributed by atoms with E-state index in [-0.39, 0.29) is 23.7 Å². The fraction of sp³-hybridized carbons (Fsp3) is 0.452. The van der Waals surface area contributed by atoms with Gasteiger partial charge >= 0.3 is 12.2 Å². The number of aromatic nitrogens is 4. The maximum atomic E-state index is 17.2. The van der Waals surface area contributed by atoms with Crippen LogP contribution in [0, 0.1) is 29.4 Å². The van der Waals surface area contributed by atoms with E-state index in [1.54, 1.807) is 21.9 Å². The summed E-state index contributed by atoms with van der Waals surface area (Å²) in [5.41, 5.74) is 6.75. The van der Waals surface area contributed by atoms with E-state index in [9.17, 15) is 19.2 Å². The van der Waals surface area contributed by atoms with Crippen molar-refractivity contribution in [1.82, 2.24) is 40.4 Å². The Morgan fingerprint density at radius 3 is 1.61 bits per heavy atom. The Balaban J connectivity index is 0.927. The van der Waals surface area contributed by atoms with E-state index in [0.29, 0.717) is 98.6 Å². The second kappa shape index (κ2) is 21.9. The number of aromatic amines is 2. The number of carbonyl (C=O) groups is 4. The molecule has 4 atom stereocenters. The van der Waals surface area contributed by atoms with Crippen molar-refractivity contribution in [3.05, 3.63) is 102 Å². The number of halogens is 2. The van der Waals surface area contributed by atoms with E-state index >= 15 is 8.78 Å². The van der Waals surface area contributed by atoms with Crippen molar-refractivity contribution < 1.29 is 37.4 Å². The second-order valence-electron chi connectivity index (χ2n) is 22.8. The van der Waals surface area contributed by atoms with Crippen LogP contribution in [0.4, 0.5) is 24.1 Å². The number of hydrogen-bond donors (Lipinski definition) is 4. The number of hydrogen-bond acceptors (Lipinski definition) is 9. The first-order chi connectivity index (χ1) is 38.4. The smallest absolute Gasteiger partial charge is 0.407 e. The van der Waals surface area contributed by atoms with Gasteiger partial charge in [-0.2, -0.15) is 0 Å². The van der Waals surface area contributed by atoms with Gasteiger partial charge in [0.2, 0.25) is 11.8 Å². The number of ether oxygens (including phenoxy) is 2. The Morgan fingerprint density at radius 1 is 0.557 bits per heavy atom. The average Bonchev–Trinajstić information content (AvgIpc) is 4.45. The second-order valence-corrected chi connectivity index (χ2v) is 22.8. The van der Waals surface area contributed by atoms with E-state index in [1.807, 2.05) is 24.3 Å². The van der Waals surface area contributed by atoms with Gasteiger partial charge in [-0.25, -0.2) is 28.3 Å². The van der Waals surface area contributed by atoms with Crippen LogP contribution in [-0.2, 0) is 19.1 Å². The third-order valence-electron chi connectivity index (χ3n) is 18.0. The SMILES string of the molecule is COC(=O)NC(C(=O)N1CCCC1c1nc2cc(-c3cc(-c4cccc(N5CCC(C)CC5)c4)cc4c(-c5cc6nc(C7CCCN7C(=O)C(NC(=O)OC)C7CCCC7)[nH]c6cc5F)cccc34)c(F)cc2[nH]1)C1CCCC1. The number of amides is 4. The molecule has 2 aliphatic carbocycles. The number of nitrogens with one attached hydrogen (secondary N) is 4. The highest BCUT2D eigenvalue weighted by atomic mass is 19.1. The van der Waals surface area contributed by atoms with Crippen molar-refractivity contribution in [2.24, 2.45) is 17.8 Å². The summed E-state index contributed by atoms with van der Waals surface area (Å²) in [6.45, 7) is 5.20. The zero-order valence-corrected chi connectivity index (χ0v) is 45.2. The normalized spacial score (nSPS) is 20.2. The molecule has 4 N–H and O–H groups in total. The quantitative estimate of drug-likeness (QED) is 0.0927. The molecule has 3 aliphatic heterocycles. The molecular weight excluding hydrogens is 1000 g/mol. The molecule has 4 amide bonds. The van der Waals surface area contributed by atoms with Gasteiger partial charge in [0, 0.05) is 55.1 Å². The molecular formula is C62H69F2N9O6. The van der Waals surface area contributed by atoms with Crippen molar-refractivity contribution in [3.63, 3.8) is 0 Å². The van der Waals surface area contributed by atoms with Crippen LogP contribution in [0.2, 0.25) is 0 Å². The number of anilines is 1. The average molecular weight is 1070 g/mol. The Labute approximate surface area is 458 Å². The zero-order valence-electron chi connectivity index (χ0n) is 45.2. The molecule has 7 aromatic rings. The number of benzene rings is 5. The van der Waals surface area contributed by atoms with Crippen molar-refractivity contribution >= 4 is 62.5 Å². The minimum Gasteiger partial charge on any atom is -0.453 e. The molecule has 412 valence electrons. The molecule has 0 spiro atoms. The molecule has 15 nitrogen and oxygen atoms in total. The van der Waals surface area contributed by atoms with Gasteiger partial charge in [-0.1, -0.05) is 62.9 Å². The minimum absolute atomic E-state index is 0.00515. The van der Waals surface area contributed by atoms with E-state index < -0.39 is 48.0 Å². The van der Waals surface area contributed by atoms with E-state index in [4.69, 9.17) is 19.4 Å². The Kier molecular flexibility index (Phi) is 14.5. The van der Waals surface area contributed by atoms with Crippen LogP contribution in [0.3, 0.4) is 0 Å². The van der Waals surface area contributed by atoms with Gasteiger partial charge < -0.3 is 44.8 Å². The van der Waals surface area contributed by atoms with Crippen LogP contribution in [0.15, 0.2) is 78.9 Å². The number of carbonyl (C=O) groups excluding carboxylic acids is 4. The topological polar surface area (TPSA) is 178 Å². The molecule has 3 saturated heterocycles. The molecule has 17 heteroatoms. The first-order valence-corrected chi connectivity index (χ1v) is 28.5. The number of methoxy groups -OCH3 is 2. The molecule has 5 heterocycles. The number of imidazole rings is 2. The lowest BCUT2D eigenvalue weighted by atomic mass is 9.88. The number of rotatable bonds is 12. The molecule has 2 saturated carbocycles. The van der Waals surface area contributed by atoms with Gasteiger partial charge in [-0.3, -0.25) is 9.59 Å². The van der Waals surface area contributed by atoms with Gasteiger partial charge in [0.25, 0.3) is 0 Å². The summed E-state index contributed by atoms with van der Waals surface area (Å²) in [6, 6.07) is 22.4. The lowest BCUT2D eigenvalue weighted by Gasteiger charge is -2.32. The molecule has 5 aromatic carbocycles. The summed E-state index contributed by atoms with van der Waals surface area (Å²) in [7, 11) is 2.60. The molecule has 5 fully saturated rings. The first kappa shape index (κ1) is 52.2. The van der Waals surface area contributed by atoms with Gasteiger partial charge in [0.15, 0.2) is 0 Å². The highest BCUT2D eigenvalue weighted by Gasteiger charge is 2.42. The van der Waals surface area contributed by atoms with Crippen LogP contribution in [0.1, 0.15) is 121 Å². The standard InChI is InChI=1S/C62H69F2N9O6/c1-35-22-26-71(27-23-35)40-17-8-16-38(28-40)39-29-43-41(44(30-39)46-32-50-52(34-48(46)64)68-58(66-50)54-21-11-25-73(54)60(75)56(70-62(77)79-3)37-14-6-7-15-37)18-9-19-42(43)45-31-49-51(33-47(45)63)67-57(65-49)53-20-10-24-72(53)59(74)55(69-61(76)78-2)36-12-4-5-13-36/h8-9,16-19,28-37,53-56H,4-7,10-15,20-27H2,1-3H3,(H,65,67)(H,66,68)(H,69,76)(H,70,77). The molecule has 12 rings (SSSR count). The molecule has 5 aliphatic rings. The number of nitrogens with zero attached hydrogens (tertiary/aromatic N) is 5. The van der Waals surface area contributed by atoms with Crippen LogP contribution >= 0.6 is 0 Å². The van der Waals surface area contributed by atoms with Gasteiger partial charge in [0.05, 0.1) is 48.4 Å². The largest absolute Gasteiger partial charge is 0.453 e. The molecule has 79 heavy (non-hydrogen) atoms. The van der Waals surface area contributed by atoms with Gasteiger partial charge in [-0.05, 0) is 151 Å². The Bertz CT molecular complexity index is 3470. The Morgan fingerprint density at radius 2 is 1.08 bits per heavy atom. The number of likely N-dealkylation sites (tertiary alicyclic amines) is 2. The maximum absolute atomic E-state index is 17.2. The monoisotopic (exact) mass is 1070 g/mol. The summed E-state index contributed by atoms with van der Waals surface area (Å²) in [5.74, 6) is 0.491. The van der Waals surface area contributed by atoms with Gasteiger partial charge in [-0.15, -0.1) is 0 Å². The van der Waals surface area contributed by atoms with Crippen molar-refractivity contribution in [2.75, 3.05) is 45.3 Å². The molecule has 0 radical (unpaired) electrons. The lowest BCUT2D eigenvalue weighted by Crippen LogP contribution is -2.51. The third kappa shape index (κ3) is 10.1.